The highest BCUT2D eigenvalue weighted by molar-refractivity contribution is 7.92. The number of anilines is 1. The highest BCUT2D eigenvalue weighted by Gasteiger charge is 2.16. The number of nitrogens with one attached hydrogen (secondary N) is 1. The van der Waals surface area contributed by atoms with E-state index >= 15 is 0 Å². The molecule has 0 amide bonds. The quantitative estimate of drug-likeness (QED) is 0.918. The summed E-state index contributed by atoms with van der Waals surface area (Å²) >= 11 is 0. The van der Waals surface area contributed by atoms with Gasteiger partial charge in [0.25, 0.3) is 10.0 Å². The van der Waals surface area contributed by atoms with Crippen LogP contribution in [0.1, 0.15) is 37.5 Å². The van der Waals surface area contributed by atoms with Gasteiger partial charge in [-0.25, -0.2) is 8.42 Å². The fraction of sp³-hybridized carbons (Fsp3) is 0.357. The molecule has 2 rings (SSSR count). The Bertz CT molecular complexity index is 675. The first kappa shape index (κ1) is 14.6. The van der Waals surface area contributed by atoms with Crippen molar-refractivity contribution in [3.63, 3.8) is 0 Å². The second-order valence-electron chi connectivity index (χ2n) is 4.81. The lowest BCUT2D eigenvalue weighted by atomic mass is 9.99. The summed E-state index contributed by atoms with van der Waals surface area (Å²) < 4.78 is 31.6. The average Bonchev–Trinajstić information content (AvgIpc) is 2.82. The summed E-state index contributed by atoms with van der Waals surface area (Å²) in [5.74, 6) is 1.15. The molecule has 0 aliphatic rings. The Morgan fingerprint density at radius 1 is 1.30 bits per heavy atom. The van der Waals surface area contributed by atoms with E-state index in [0.717, 1.165) is 12.0 Å². The average molecular weight is 294 g/mol. The lowest BCUT2D eigenvalue weighted by Gasteiger charge is -2.10. The lowest BCUT2D eigenvalue weighted by molar-refractivity contribution is 0.400. The number of hydrogen-bond acceptors (Lipinski definition) is 4. The van der Waals surface area contributed by atoms with E-state index in [2.05, 4.69) is 23.7 Å². The van der Waals surface area contributed by atoms with E-state index in [4.69, 9.17) is 4.52 Å². The number of rotatable bonds is 5. The minimum Gasteiger partial charge on any atom is -0.360 e. The van der Waals surface area contributed by atoms with Crippen molar-refractivity contribution in [2.75, 3.05) is 4.72 Å². The smallest absolute Gasteiger partial charge is 0.263 e. The number of nitrogens with zero attached hydrogens (tertiary/aromatic N) is 1. The molecule has 0 spiro atoms. The molecule has 1 aromatic carbocycles. The number of aromatic nitrogens is 1. The Labute approximate surface area is 119 Å². The molecule has 0 bridgehead atoms. The van der Waals surface area contributed by atoms with Crippen LogP contribution in [0, 0.1) is 6.92 Å². The normalized spacial score (nSPS) is 13.2. The van der Waals surface area contributed by atoms with Gasteiger partial charge in [-0.2, -0.15) is 0 Å². The monoisotopic (exact) mass is 294 g/mol. The van der Waals surface area contributed by atoms with Crippen LogP contribution in [-0.2, 0) is 10.0 Å². The van der Waals surface area contributed by atoms with Gasteiger partial charge in [0.1, 0.15) is 5.76 Å². The van der Waals surface area contributed by atoms with Crippen molar-refractivity contribution in [3.05, 3.63) is 41.7 Å². The van der Waals surface area contributed by atoms with E-state index < -0.39 is 10.0 Å². The number of sulfonamides is 1. The van der Waals surface area contributed by atoms with E-state index in [1.165, 1.54) is 6.07 Å². The molecule has 108 valence electrons. The molecule has 2 aromatic rings. The SMILES string of the molecule is CC[C@@H](C)c1ccc(S(=O)(=O)Nc2cc(C)on2)cc1. The van der Waals surface area contributed by atoms with Crippen LogP contribution >= 0.6 is 0 Å². The maximum atomic E-state index is 12.2. The van der Waals surface area contributed by atoms with Crippen LogP contribution < -0.4 is 4.72 Å². The molecule has 0 aliphatic carbocycles. The third-order valence-corrected chi connectivity index (χ3v) is 4.61. The summed E-state index contributed by atoms with van der Waals surface area (Å²) in [6, 6.07) is 8.44. The highest BCUT2D eigenvalue weighted by atomic mass is 32.2. The molecule has 0 saturated carbocycles. The van der Waals surface area contributed by atoms with E-state index in [-0.39, 0.29) is 10.7 Å². The van der Waals surface area contributed by atoms with E-state index in [1.54, 1.807) is 19.1 Å². The first-order chi connectivity index (χ1) is 9.42. The highest BCUT2D eigenvalue weighted by Crippen LogP contribution is 2.21. The van der Waals surface area contributed by atoms with Crippen LogP contribution in [0.2, 0.25) is 0 Å². The minimum absolute atomic E-state index is 0.188. The standard InChI is InChI=1S/C14H18N2O3S/c1-4-10(2)12-5-7-13(8-6-12)20(17,18)16-14-9-11(3)19-15-14/h5-10H,4H2,1-3H3,(H,15,16)/t10-/m1/s1. The molecule has 5 nitrogen and oxygen atoms in total. The fourth-order valence-electron chi connectivity index (χ4n) is 1.82. The van der Waals surface area contributed by atoms with Crippen LogP contribution in [0.3, 0.4) is 0 Å². The Morgan fingerprint density at radius 2 is 1.95 bits per heavy atom. The van der Waals surface area contributed by atoms with Crippen LogP contribution in [0.15, 0.2) is 39.8 Å². The Balaban J connectivity index is 2.21. The predicted octanol–water partition coefficient (Wildman–Crippen LogP) is 3.30. The van der Waals surface area contributed by atoms with Gasteiger partial charge < -0.3 is 4.52 Å². The van der Waals surface area contributed by atoms with Crippen molar-refractivity contribution in [3.8, 4) is 0 Å². The molecule has 1 N–H and O–H groups in total. The molecular weight excluding hydrogens is 276 g/mol. The molecule has 6 heteroatoms. The molecule has 0 saturated heterocycles. The zero-order valence-electron chi connectivity index (χ0n) is 11.8. The Kier molecular flexibility index (Phi) is 4.13. The van der Waals surface area contributed by atoms with Gasteiger partial charge >= 0.3 is 0 Å². The zero-order valence-corrected chi connectivity index (χ0v) is 12.6. The zero-order chi connectivity index (χ0) is 14.8. The van der Waals surface area contributed by atoms with Gasteiger partial charge in [-0.15, -0.1) is 0 Å². The van der Waals surface area contributed by atoms with E-state index in [1.807, 2.05) is 12.1 Å². The van der Waals surface area contributed by atoms with Crippen molar-refractivity contribution in [2.24, 2.45) is 0 Å². The summed E-state index contributed by atoms with van der Waals surface area (Å²) in [7, 11) is -3.62. The predicted molar refractivity (Wildman–Crippen MR) is 77.2 cm³/mol. The largest absolute Gasteiger partial charge is 0.360 e. The van der Waals surface area contributed by atoms with Crippen molar-refractivity contribution in [2.45, 2.75) is 38.0 Å². The molecular formula is C14H18N2O3S. The van der Waals surface area contributed by atoms with Gasteiger partial charge in [-0.05, 0) is 37.0 Å². The van der Waals surface area contributed by atoms with Crippen LogP contribution in [-0.4, -0.2) is 13.6 Å². The lowest BCUT2D eigenvalue weighted by Crippen LogP contribution is -2.13. The fourth-order valence-corrected chi connectivity index (χ4v) is 2.81. The maximum Gasteiger partial charge on any atom is 0.263 e. The molecule has 0 aliphatic heterocycles. The summed E-state index contributed by atoms with van der Waals surface area (Å²) in [5, 5.41) is 3.62. The molecule has 0 radical (unpaired) electrons. The van der Waals surface area contributed by atoms with E-state index in [0.29, 0.717) is 11.7 Å². The van der Waals surface area contributed by atoms with Crippen LogP contribution in [0.4, 0.5) is 5.82 Å². The van der Waals surface area contributed by atoms with Crippen molar-refractivity contribution in [1.82, 2.24) is 5.16 Å². The maximum absolute atomic E-state index is 12.2. The number of aryl methyl sites for hydroxylation is 1. The molecule has 1 aromatic heterocycles. The minimum atomic E-state index is -3.62. The second kappa shape index (κ2) is 5.66. The molecule has 20 heavy (non-hydrogen) atoms. The molecule has 0 unspecified atom stereocenters. The second-order valence-corrected chi connectivity index (χ2v) is 6.49. The third kappa shape index (κ3) is 3.19. The topological polar surface area (TPSA) is 72.2 Å². The molecule has 0 fully saturated rings. The van der Waals surface area contributed by atoms with Gasteiger partial charge in [0.2, 0.25) is 0 Å². The van der Waals surface area contributed by atoms with Crippen LogP contribution in [0.25, 0.3) is 0 Å². The Hall–Kier alpha value is -1.82. The Morgan fingerprint density at radius 3 is 2.45 bits per heavy atom. The van der Waals surface area contributed by atoms with E-state index in [9.17, 15) is 8.42 Å². The molecule has 1 heterocycles. The van der Waals surface area contributed by atoms with Gasteiger partial charge in [0.05, 0.1) is 4.90 Å². The summed E-state index contributed by atoms with van der Waals surface area (Å²) in [4.78, 5) is 0.213. The van der Waals surface area contributed by atoms with Gasteiger partial charge in [-0.3, -0.25) is 4.72 Å². The third-order valence-electron chi connectivity index (χ3n) is 3.24. The van der Waals surface area contributed by atoms with Gasteiger partial charge in [0, 0.05) is 6.07 Å². The van der Waals surface area contributed by atoms with Gasteiger partial charge in [-0.1, -0.05) is 31.1 Å². The van der Waals surface area contributed by atoms with Crippen molar-refractivity contribution >= 4 is 15.8 Å². The summed E-state index contributed by atoms with van der Waals surface area (Å²) in [5.41, 5.74) is 1.13. The summed E-state index contributed by atoms with van der Waals surface area (Å²) in [6.45, 7) is 5.91. The number of benzene rings is 1. The first-order valence-corrected chi connectivity index (χ1v) is 7.97. The first-order valence-electron chi connectivity index (χ1n) is 6.48. The summed E-state index contributed by atoms with van der Waals surface area (Å²) in [6.07, 6.45) is 1.02. The molecule has 1 atom stereocenters. The van der Waals surface area contributed by atoms with Crippen molar-refractivity contribution in [1.29, 1.82) is 0 Å². The van der Waals surface area contributed by atoms with Gasteiger partial charge in [0.15, 0.2) is 5.82 Å². The van der Waals surface area contributed by atoms with Crippen molar-refractivity contribution < 1.29 is 12.9 Å². The number of hydrogen-bond donors (Lipinski definition) is 1. The van der Waals surface area contributed by atoms with Crippen LogP contribution in [0.5, 0.6) is 0 Å².